The van der Waals surface area contributed by atoms with Gasteiger partial charge in [0.05, 0.1) is 25.3 Å². The van der Waals surface area contributed by atoms with Gasteiger partial charge in [0.15, 0.2) is 15.8 Å². The highest BCUT2D eigenvalue weighted by molar-refractivity contribution is 8.00. The van der Waals surface area contributed by atoms with Crippen molar-refractivity contribution >= 4 is 45.7 Å². The third-order valence-corrected chi connectivity index (χ3v) is 9.12. The van der Waals surface area contributed by atoms with E-state index in [4.69, 9.17) is 9.47 Å². The van der Waals surface area contributed by atoms with Crippen molar-refractivity contribution in [1.29, 1.82) is 0 Å². The number of hydrogen-bond acceptors (Lipinski definition) is 10. The van der Waals surface area contributed by atoms with Crippen LogP contribution >= 0.6 is 23.1 Å². The minimum Gasteiger partial charge on any atom is -0.507 e. The number of aryl methyl sites for hydroxylation is 1. The molecule has 4 aromatic rings. The SMILES string of the molecule is CCCCCOc1ccc(C2C(=C(O)c3ccncc3)C(=O)C(=O)N2c2nnc(SCc3ccc(C)cc3)s2)cc1OC. The monoisotopic (exact) mass is 616 g/mol. The molecule has 1 fully saturated rings. The number of Topliss-reactive ketones (excluding diaryl/α,β-unsaturated/α-hetero) is 1. The molecule has 3 heterocycles. The Morgan fingerprint density at radius 2 is 1.79 bits per heavy atom. The molecule has 1 unspecified atom stereocenters. The predicted molar refractivity (Wildman–Crippen MR) is 168 cm³/mol. The van der Waals surface area contributed by atoms with Gasteiger partial charge >= 0.3 is 5.91 Å². The van der Waals surface area contributed by atoms with E-state index in [1.54, 1.807) is 30.3 Å². The van der Waals surface area contributed by atoms with E-state index in [1.807, 2.05) is 6.92 Å². The summed E-state index contributed by atoms with van der Waals surface area (Å²) in [7, 11) is 1.54. The van der Waals surface area contributed by atoms with E-state index < -0.39 is 17.7 Å². The Balaban J connectivity index is 1.52. The molecule has 1 saturated heterocycles. The summed E-state index contributed by atoms with van der Waals surface area (Å²) in [4.78, 5) is 32.4. The van der Waals surface area contributed by atoms with Gasteiger partial charge in [0.2, 0.25) is 5.13 Å². The maximum Gasteiger partial charge on any atom is 0.301 e. The normalized spacial score (nSPS) is 16.1. The van der Waals surface area contributed by atoms with Crippen LogP contribution in [0.1, 0.15) is 54.5 Å². The van der Waals surface area contributed by atoms with Crippen LogP contribution in [-0.4, -0.2) is 45.7 Å². The van der Waals surface area contributed by atoms with Gasteiger partial charge in [-0.3, -0.25) is 19.5 Å². The van der Waals surface area contributed by atoms with Crippen molar-refractivity contribution in [2.45, 2.75) is 49.2 Å². The fraction of sp³-hybridized carbons (Fsp3) is 0.281. The number of aromatic nitrogens is 3. The number of aliphatic hydroxyl groups excluding tert-OH is 1. The number of ketones is 1. The van der Waals surface area contributed by atoms with Crippen molar-refractivity contribution in [3.05, 3.63) is 94.8 Å². The number of benzene rings is 2. The molecule has 0 spiro atoms. The summed E-state index contributed by atoms with van der Waals surface area (Å²) < 4.78 is 12.2. The van der Waals surface area contributed by atoms with Crippen molar-refractivity contribution < 1.29 is 24.2 Å². The number of unbranched alkanes of at least 4 members (excludes halogenated alkanes) is 2. The van der Waals surface area contributed by atoms with Crippen LogP contribution in [0, 0.1) is 6.92 Å². The van der Waals surface area contributed by atoms with Gasteiger partial charge in [-0.05, 0) is 48.7 Å². The standard InChI is InChI=1S/C32H32N4O5S2/c1-4-5-6-17-41-24-12-11-23(18-25(24)40-3)27-26(28(37)22-13-15-33-16-14-22)29(38)30(39)36(27)31-34-35-32(43-31)42-19-21-9-7-20(2)8-10-21/h7-16,18,27,37H,4-6,17,19H2,1-3H3. The molecule has 11 heteroatoms. The summed E-state index contributed by atoms with van der Waals surface area (Å²) in [6, 6.07) is 15.7. The first-order valence-electron chi connectivity index (χ1n) is 13.9. The number of anilines is 1. The number of amides is 1. The van der Waals surface area contributed by atoms with E-state index in [9.17, 15) is 14.7 Å². The van der Waals surface area contributed by atoms with Gasteiger partial charge in [-0.2, -0.15) is 0 Å². The second kappa shape index (κ2) is 13.8. The van der Waals surface area contributed by atoms with Gasteiger partial charge in [-0.25, -0.2) is 0 Å². The maximum atomic E-state index is 13.6. The second-order valence-electron chi connectivity index (χ2n) is 10.00. The molecule has 43 heavy (non-hydrogen) atoms. The molecule has 1 aliphatic rings. The summed E-state index contributed by atoms with van der Waals surface area (Å²) in [5, 5.41) is 20.2. The van der Waals surface area contributed by atoms with Crippen molar-refractivity contribution in [1.82, 2.24) is 15.2 Å². The highest BCUT2D eigenvalue weighted by atomic mass is 32.2. The number of pyridine rings is 1. The van der Waals surface area contributed by atoms with Crippen molar-refractivity contribution in [3.8, 4) is 11.5 Å². The smallest absolute Gasteiger partial charge is 0.301 e. The van der Waals surface area contributed by atoms with Crippen molar-refractivity contribution in [2.75, 3.05) is 18.6 Å². The molecular formula is C32H32N4O5S2. The average molecular weight is 617 g/mol. The van der Waals surface area contributed by atoms with E-state index in [1.165, 1.54) is 53.1 Å². The Bertz CT molecular complexity index is 1620. The third-order valence-electron chi connectivity index (χ3n) is 6.99. The van der Waals surface area contributed by atoms with E-state index in [2.05, 4.69) is 46.4 Å². The molecule has 1 amide bonds. The van der Waals surface area contributed by atoms with Gasteiger partial charge in [0.1, 0.15) is 5.76 Å². The summed E-state index contributed by atoms with van der Waals surface area (Å²) >= 11 is 2.72. The van der Waals surface area contributed by atoms with Crippen LogP contribution in [0.3, 0.4) is 0 Å². The van der Waals surface area contributed by atoms with Crippen LogP contribution in [0.4, 0.5) is 5.13 Å². The number of ether oxygens (including phenoxy) is 2. The Hall–Kier alpha value is -4.22. The molecule has 1 aliphatic heterocycles. The number of methoxy groups -OCH3 is 1. The Labute approximate surface area is 258 Å². The van der Waals surface area contributed by atoms with E-state index >= 15 is 0 Å². The van der Waals surface area contributed by atoms with Gasteiger partial charge in [-0.15, -0.1) is 10.2 Å². The molecule has 1 atom stereocenters. The fourth-order valence-corrected chi connectivity index (χ4v) is 6.53. The third kappa shape index (κ3) is 6.73. The van der Waals surface area contributed by atoms with Crippen molar-refractivity contribution in [2.24, 2.45) is 0 Å². The van der Waals surface area contributed by atoms with Crippen LogP contribution < -0.4 is 14.4 Å². The van der Waals surface area contributed by atoms with Gasteiger partial charge in [-0.1, -0.05) is 78.8 Å². The van der Waals surface area contributed by atoms with Crippen LogP contribution in [0.15, 0.2) is 76.9 Å². The lowest BCUT2D eigenvalue weighted by Gasteiger charge is -2.23. The Morgan fingerprint density at radius 3 is 2.51 bits per heavy atom. The first kappa shape index (κ1) is 30.2. The number of carbonyl (C=O) groups is 2. The lowest BCUT2D eigenvalue weighted by molar-refractivity contribution is -0.132. The first-order valence-corrected chi connectivity index (χ1v) is 15.8. The highest BCUT2D eigenvalue weighted by Crippen LogP contribution is 2.45. The van der Waals surface area contributed by atoms with Crippen LogP contribution in [0.25, 0.3) is 5.76 Å². The molecule has 2 aromatic heterocycles. The Kier molecular flexibility index (Phi) is 9.73. The van der Waals surface area contributed by atoms with Gasteiger partial charge in [0.25, 0.3) is 5.78 Å². The second-order valence-corrected chi connectivity index (χ2v) is 12.2. The molecule has 5 rings (SSSR count). The molecule has 2 aromatic carbocycles. The van der Waals surface area contributed by atoms with Gasteiger partial charge < -0.3 is 14.6 Å². The molecule has 0 bridgehead atoms. The zero-order chi connectivity index (χ0) is 30.3. The molecular weight excluding hydrogens is 585 g/mol. The molecule has 0 radical (unpaired) electrons. The summed E-state index contributed by atoms with van der Waals surface area (Å²) in [5.41, 5.74) is 3.18. The summed E-state index contributed by atoms with van der Waals surface area (Å²) in [6.07, 6.45) is 6.06. The molecule has 0 aliphatic carbocycles. The Morgan fingerprint density at radius 1 is 1.02 bits per heavy atom. The number of carbonyl (C=O) groups excluding carboxylic acids is 2. The topological polar surface area (TPSA) is 115 Å². The lowest BCUT2D eigenvalue weighted by Crippen LogP contribution is -2.29. The molecule has 9 nitrogen and oxygen atoms in total. The lowest BCUT2D eigenvalue weighted by atomic mass is 9.95. The summed E-state index contributed by atoms with van der Waals surface area (Å²) in [5.74, 6) is -0.233. The number of rotatable bonds is 12. The number of nitrogens with zero attached hydrogens (tertiary/aromatic N) is 4. The van der Waals surface area contributed by atoms with Crippen LogP contribution in [-0.2, 0) is 15.3 Å². The largest absolute Gasteiger partial charge is 0.507 e. The maximum absolute atomic E-state index is 13.6. The molecule has 0 saturated carbocycles. The first-order chi connectivity index (χ1) is 20.9. The minimum absolute atomic E-state index is 0.0566. The van der Waals surface area contributed by atoms with Gasteiger partial charge in [0, 0.05) is 23.7 Å². The highest BCUT2D eigenvalue weighted by Gasteiger charge is 2.48. The van der Waals surface area contributed by atoms with E-state index in [0.717, 1.165) is 24.8 Å². The number of thioether (sulfide) groups is 1. The van der Waals surface area contributed by atoms with Crippen LogP contribution in [0.5, 0.6) is 11.5 Å². The fourth-order valence-electron chi connectivity index (χ4n) is 4.71. The zero-order valence-corrected chi connectivity index (χ0v) is 25.8. The molecule has 222 valence electrons. The van der Waals surface area contributed by atoms with Crippen molar-refractivity contribution in [3.63, 3.8) is 0 Å². The summed E-state index contributed by atoms with van der Waals surface area (Å²) in [6.45, 7) is 4.71. The zero-order valence-electron chi connectivity index (χ0n) is 24.1. The van der Waals surface area contributed by atoms with E-state index in [0.29, 0.717) is 39.3 Å². The van der Waals surface area contributed by atoms with E-state index in [-0.39, 0.29) is 16.5 Å². The van der Waals surface area contributed by atoms with Crippen LogP contribution in [0.2, 0.25) is 0 Å². The number of aliphatic hydroxyl groups is 1. The average Bonchev–Trinajstić information content (AvgIpc) is 3.60. The number of hydrogen-bond donors (Lipinski definition) is 1. The molecule has 1 N–H and O–H groups in total. The predicted octanol–water partition coefficient (Wildman–Crippen LogP) is 6.74. The minimum atomic E-state index is -0.973. The quantitative estimate of drug-likeness (QED) is 0.0462.